The molecule has 0 saturated carbocycles. The maximum Gasteiger partial charge on any atom is 0.234 e. The van der Waals surface area contributed by atoms with Crippen LogP contribution in [0.3, 0.4) is 0 Å². The van der Waals surface area contributed by atoms with E-state index in [0.717, 1.165) is 33.2 Å². The Morgan fingerprint density at radius 3 is 3.00 bits per heavy atom. The lowest BCUT2D eigenvalue weighted by Crippen LogP contribution is -2.23. The van der Waals surface area contributed by atoms with Gasteiger partial charge < -0.3 is 10.2 Å². The van der Waals surface area contributed by atoms with E-state index in [1.54, 1.807) is 16.2 Å². The number of halogens is 1. The molecule has 1 N–H and O–H groups in total. The Labute approximate surface area is 169 Å². The molecular formula is C19H16ClN3O2S2. The third-order valence-corrected chi connectivity index (χ3v) is 6.59. The monoisotopic (exact) mass is 417 g/mol. The van der Waals surface area contributed by atoms with Crippen molar-refractivity contribution in [3.05, 3.63) is 47.5 Å². The Bertz CT molecular complexity index is 1020. The summed E-state index contributed by atoms with van der Waals surface area (Å²) < 4.78 is 1.88. The van der Waals surface area contributed by atoms with Crippen LogP contribution in [0.5, 0.6) is 0 Å². The predicted octanol–water partition coefficient (Wildman–Crippen LogP) is 4.81. The van der Waals surface area contributed by atoms with Gasteiger partial charge in [0.2, 0.25) is 11.8 Å². The molecule has 0 spiro atoms. The van der Waals surface area contributed by atoms with E-state index < -0.39 is 0 Å². The zero-order valence-electron chi connectivity index (χ0n) is 14.3. The molecular weight excluding hydrogens is 402 g/mol. The van der Waals surface area contributed by atoms with E-state index in [0.29, 0.717) is 17.1 Å². The maximum absolute atomic E-state index is 12.3. The highest BCUT2D eigenvalue weighted by atomic mass is 35.5. The molecule has 1 aromatic heterocycles. The molecule has 0 aliphatic carbocycles. The number of carbonyl (C=O) groups excluding carboxylic acids is 2. The van der Waals surface area contributed by atoms with Gasteiger partial charge in [-0.05, 0) is 42.8 Å². The molecule has 0 radical (unpaired) electrons. The zero-order chi connectivity index (χ0) is 18.8. The van der Waals surface area contributed by atoms with Crippen LogP contribution in [0, 0.1) is 0 Å². The van der Waals surface area contributed by atoms with Crippen LogP contribution < -0.4 is 10.2 Å². The van der Waals surface area contributed by atoms with Crippen molar-refractivity contribution in [2.75, 3.05) is 22.5 Å². The van der Waals surface area contributed by atoms with E-state index in [1.165, 1.54) is 11.8 Å². The van der Waals surface area contributed by atoms with Gasteiger partial charge in [0.25, 0.3) is 0 Å². The van der Waals surface area contributed by atoms with E-state index in [-0.39, 0.29) is 17.6 Å². The number of amides is 2. The molecule has 8 heteroatoms. The Morgan fingerprint density at radius 1 is 1.30 bits per heavy atom. The standard InChI is InChI=1S/C19H16ClN3O2S2/c20-12-6-7-16-15(9-12)22-19(27-16)26-11-17(24)21-13-3-1-4-14(10-13)23-8-2-5-18(23)25/h1,3-4,6-7,9-10H,2,5,8,11H2,(H,21,24). The minimum Gasteiger partial charge on any atom is -0.325 e. The highest BCUT2D eigenvalue weighted by Crippen LogP contribution is 2.31. The third-order valence-electron chi connectivity index (χ3n) is 4.17. The fraction of sp³-hybridized carbons (Fsp3) is 0.211. The van der Waals surface area contributed by atoms with E-state index in [9.17, 15) is 9.59 Å². The number of anilines is 2. The largest absolute Gasteiger partial charge is 0.325 e. The average molecular weight is 418 g/mol. The minimum absolute atomic E-state index is 0.109. The van der Waals surface area contributed by atoms with Crippen LogP contribution in [0.25, 0.3) is 10.2 Å². The van der Waals surface area contributed by atoms with Crippen molar-refractivity contribution in [1.29, 1.82) is 0 Å². The van der Waals surface area contributed by atoms with Crippen molar-refractivity contribution >= 4 is 68.1 Å². The lowest BCUT2D eigenvalue weighted by molar-refractivity contribution is -0.117. The van der Waals surface area contributed by atoms with Crippen LogP contribution in [0.4, 0.5) is 11.4 Å². The van der Waals surface area contributed by atoms with Gasteiger partial charge in [-0.25, -0.2) is 4.98 Å². The molecule has 2 amide bonds. The molecule has 1 fully saturated rings. The Kier molecular flexibility index (Phi) is 5.33. The summed E-state index contributed by atoms with van der Waals surface area (Å²) in [6.07, 6.45) is 1.46. The topological polar surface area (TPSA) is 62.3 Å². The van der Waals surface area contributed by atoms with Crippen molar-refractivity contribution in [3.8, 4) is 0 Å². The highest BCUT2D eigenvalue weighted by molar-refractivity contribution is 8.01. The highest BCUT2D eigenvalue weighted by Gasteiger charge is 2.21. The van der Waals surface area contributed by atoms with Crippen LogP contribution in [-0.2, 0) is 9.59 Å². The number of hydrogen-bond acceptors (Lipinski definition) is 5. The predicted molar refractivity (Wildman–Crippen MR) is 112 cm³/mol. The van der Waals surface area contributed by atoms with Crippen LogP contribution in [-0.4, -0.2) is 29.1 Å². The first-order valence-electron chi connectivity index (χ1n) is 8.48. The van der Waals surface area contributed by atoms with Gasteiger partial charge in [0.1, 0.15) is 0 Å². The van der Waals surface area contributed by atoms with E-state index >= 15 is 0 Å². The molecule has 0 bridgehead atoms. The van der Waals surface area contributed by atoms with E-state index in [4.69, 9.17) is 11.6 Å². The normalized spacial score (nSPS) is 14.1. The number of hydrogen-bond donors (Lipinski definition) is 1. The summed E-state index contributed by atoms with van der Waals surface area (Å²) >= 11 is 8.92. The second kappa shape index (κ2) is 7.88. The summed E-state index contributed by atoms with van der Waals surface area (Å²) in [7, 11) is 0. The third kappa shape index (κ3) is 4.26. The number of benzene rings is 2. The SMILES string of the molecule is O=C(CSc1nc2cc(Cl)ccc2s1)Nc1cccc(N2CCCC2=O)c1. The van der Waals surface area contributed by atoms with E-state index in [2.05, 4.69) is 10.3 Å². The second-order valence-corrected chi connectivity index (χ2v) is 8.82. The lowest BCUT2D eigenvalue weighted by Gasteiger charge is -2.16. The molecule has 27 heavy (non-hydrogen) atoms. The first-order chi connectivity index (χ1) is 13.1. The molecule has 2 aromatic carbocycles. The van der Waals surface area contributed by atoms with Gasteiger partial charge in [0.05, 0.1) is 16.0 Å². The number of thioether (sulfide) groups is 1. The van der Waals surface area contributed by atoms with Crippen molar-refractivity contribution in [3.63, 3.8) is 0 Å². The summed E-state index contributed by atoms with van der Waals surface area (Å²) in [6, 6.07) is 13.0. The summed E-state index contributed by atoms with van der Waals surface area (Å²) in [5, 5.41) is 3.54. The number of rotatable bonds is 5. The van der Waals surface area contributed by atoms with Gasteiger partial charge in [0.15, 0.2) is 4.34 Å². The smallest absolute Gasteiger partial charge is 0.234 e. The van der Waals surface area contributed by atoms with Gasteiger partial charge in [0, 0.05) is 29.4 Å². The summed E-state index contributed by atoms with van der Waals surface area (Å²) in [4.78, 5) is 30.4. The van der Waals surface area contributed by atoms with Gasteiger partial charge in [-0.2, -0.15) is 0 Å². The van der Waals surface area contributed by atoms with Crippen LogP contribution >= 0.6 is 34.7 Å². The van der Waals surface area contributed by atoms with Crippen LogP contribution in [0.1, 0.15) is 12.8 Å². The van der Waals surface area contributed by atoms with Crippen molar-refractivity contribution in [1.82, 2.24) is 4.98 Å². The number of thiazole rings is 1. The first kappa shape index (κ1) is 18.3. The number of nitrogens with one attached hydrogen (secondary N) is 1. The Balaban J connectivity index is 1.38. The Morgan fingerprint density at radius 2 is 2.19 bits per heavy atom. The van der Waals surface area contributed by atoms with Gasteiger partial charge in [-0.3, -0.25) is 9.59 Å². The molecule has 138 valence electrons. The first-order valence-corrected chi connectivity index (χ1v) is 10.7. The fourth-order valence-corrected chi connectivity index (χ4v) is 4.95. The van der Waals surface area contributed by atoms with E-state index in [1.807, 2.05) is 42.5 Å². The molecule has 1 aliphatic heterocycles. The second-order valence-electron chi connectivity index (χ2n) is 6.13. The van der Waals surface area contributed by atoms with Crippen LogP contribution in [0.15, 0.2) is 46.8 Å². The molecule has 1 aliphatic rings. The molecule has 1 saturated heterocycles. The summed E-state index contributed by atoms with van der Waals surface area (Å²) in [6.45, 7) is 0.730. The molecule has 0 atom stereocenters. The minimum atomic E-state index is -0.109. The Hall–Kier alpha value is -2.09. The van der Waals surface area contributed by atoms with Crippen LogP contribution in [0.2, 0.25) is 5.02 Å². The zero-order valence-corrected chi connectivity index (χ0v) is 16.7. The summed E-state index contributed by atoms with van der Waals surface area (Å²) in [5.74, 6) is 0.285. The lowest BCUT2D eigenvalue weighted by atomic mass is 10.2. The molecule has 2 heterocycles. The van der Waals surface area contributed by atoms with Crippen molar-refractivity contribution in [2.24, 2.45) is 0 Å². The maximum atomic E-state index is 12.3. The molecule has 3 aromatic rings. The summed E-state index contributed by atoms with van der Waals surface area (Å²) in [5.41, 5.74) is 2.36. The molecule has 0 unspecified atom stereocenters. The molecule has 4 rings (SSSR count). The van der Waals surface area contributed by atoms with Gasteiger partial charge in [-0.15, -0.1) is 11.3 Å². The van der Waals surface area contributed by atoms with Gasteiger partial charge >= 0.3 is 0 Å². The number of aromatic nitrogens is 1. The fourth-order valence-electron chi connectivity index (χ4n) is 2.94. The van der Waals surface area contributed by atoms with Crippen molar-refractivity contribution in [2.45, 2.75) is 17.2 Å². The number of nitrogens with zero attached hydrogens (tertiary/aromatic N) is 2. The average Bonchev–Trinajstić information content (AvgIpc) is 3.25. The molecule has 5 nitrogen and oxygen atoms in total. The quantitative estimate of drug-likeness (QED) is 0.605. The van der Waals surface area contributed by atoms with Gasteiger partial charge in [-0.1, -0.05) is 29.4 Å². The van der Waals surface area contributed by atoms with Crippen molar-refractivity contribution < 1.29 is 9.59 Å². The number of carbonyl (C=O) groups is 2. The number of fused-ring (bicyclic) bond motifs is 1.